The smallest absolute Gasteiger partial charge is 0.222 e. The first kappa shape index (κ1) is 15.7. The molecule has 1 aliphatic heterocycles. The third-order valence-corrected chi connectivity index (χ3v) is 3.78. The zero-order chi connectivity index (χ0) is 14.9. The van der Waals surface area contributed by atoms with E-state index in [-0.39, 0.29) is 12.5 Å². The highest BCUT2D eigenvalue weighted by atomic mass is 16.3. The maximum atomic E-state index is 12.1. The Labute approximate surface area is 126 Å². The van der Waals surface area contributed by atoms with Crippen molar-refractivity contribution in [1.29, 1.82) is 0 Å². The van der Waals surface area contributed by atoms with Crippen LogP contribution < -0.4 is 0 Å². The van der Waals surface area contributed by atoms with Gasteiger partial charge in [-0.25, -0.2) is 0 Å². The Balaban J connectivity index is 1.67. The third-order valence-electron chi connectivity index (χ3n) is 3.78. The van der Waals surface area contributed by atoms with Crippen LogP contribution in [-0.2, 0) is 4.79 Å². The van der Waals surface area contributed by atoms with Crippen LogP contribution in [-0.4, -0.2) is 60.1 Å². The SMILES string of the molecule is O=C(CC/C=C/c1ccccc1)N1CCN(CCO)CC1. The molecule has 4 nitrogen and oxygen atoms in total. The summed E-state index contributed by atoms with van der Waals surface area (Å²) in [6.45, 7) is 4.20. The molecular formula is C17H24N2O2. The third kappa shape index (κ3) is 5.33. The summed E-state index contributed by atoms with van der Waals surface area (Å²) < 4.78 is 0. The van der Waals surface area contributed by atoms with Crippen LogP contribution in [0.2, 0.25) is 0 Å². The first-order chi connectivity index (χ1) is 10.3. The van der Waals surface area contributed by atoms with Crippen LogP contribution in [0.1, 0.15) is 18.4 Å². The summed E-state index contributed by atoms with van der Waals surface area (Å²) in [7, 11) is 0. The number of carbonyl (C=O) groups excluding carboxylic acids is 1. The number of piperazine rings is 1. The van der Waals surface area contributed by atoms with E-state index in [1.165, 1.54) is 5.56 Å². The number of rotatable bonds is 6. The van der Waals surface area contributed by atoms with E-state index in [1.54, 1.807) is 0 Å². The first-order valence-electron chi connectivity index (χ1n) is 7.62. The van der Waals surface area contributed by atoms with Gasteiger partial charge >= 0.3 is 0 Å². The standard InChI is InChI=1S/C17H24N2O2/c20-15-14-18-10-12-19(13-11-18)17(21)9-5-4-8-16-6-2-1-3-7-16/h1-4,6-8,20H,5,9-15H2/b8-4+. The molecule has 1 N–H and O–H groups in total. The highest BCUT2D eigenvalue weighted by molar-refractivity contribution is 5.76. The van der Waals surface area contributed by atoms with Gasteiger partial charge in [0.2, 0.25) is 5.91 Å². The van der Waals surface area contributed by atoms with Crippen LogP contribution in [0, 0.1) is 0 Å². The Morgan fingerprint density at radius 2 is 1.86 bits per heavy atom. The normalized spacial score (nSPS) is 16.5. The van der Waals surface area contributed by atoms with E-state index in [9.17, 15) is 4.79 Å². The van der Waals surface area contributed by atoms with E-state index < -0.39 is 0 Å². The lowest BCUT2D eigenvalue weighted by atomic mass is 10.2. The van der Waals surface area contributed by atoms with Crippen molar-refractivity contribution in [2.75, 3.05) is 39.3 Å². The molecule has 1 aromatic carbocycles. The molecule has 0 aromatic heterocycles. The van der Waals surface area contributed by atoms with Crippen LogP contribution >= 0.6 is 0 Å². The molecule has 1 amide bonds. The largest absolute Gasteiger partial charge is 0.395 e. The molecule has 0 bridgehead atoms. The van der Waals surface area contributed by atoms with Gasteiger partial charge in [-0.15, -0.1) is 0 Å². The summed E-state index contributed by atoms with van der Waals surface area (Å²) in [5, 5.41) is 8.90. The number of hydrogen-bond donors (Lipinski definition) is 1. The number of carbonyl (C=O) groups is 1. The molecule has 0 unspecified atom stereocenters. The van der Waals surface area contributed by atoms with Gasteiger partial charge in [-0.3, -0.25) is 9.69 Å². The quantitative estimate of drug-likeness (QED) is 0.865. The molecular weight excluding hydrogens is 264 g/mol. The summed E-state index contributed by atoms with van der Waals surface area (Å²) in [5.74, 6) is 0.233. The van der Waals surface area contributed by atoms with E-state index in [2.05, 4.69) is 29.2 Å². The fraction of sp³-hybridized carbons (Fsp3) is 0.471. The van der Waals surface area contributed by atoms with Crippen molar-refractivity contribution in [3.8, 4) is 0 Å². The minimum absolute atomic E-state index is 0.193. The van der Waals surface area contributed by atoms with Crippen molar-refractivity contribution in [1.82, 2.24) is 9.80 Å². The van der Waals surface area contributed by atoms with E-state index in [1.807, 2.05) is 23.1 Å². The monoisotopic (exact) mass is 288 g/mol. The Morgan fingerprint density at radius 1 is 1.14 bits per heavy atom. The number of aliphatic hydroxyl groups is 1. The van der Waals surface area contributed by atoms with Crippen LogP contribution in [0.3, 0.4) is 0 Å². The van der Waals surface area contributed by atoms with Gasteiger partial charge in [0.05, 0.1) is 6.61 Å². The molecule has 1 heterocycles. The molecule has 0 spiro atoms. The molecule has 0 atom stereocenters. The van der Waals surface area contributed by atoms with Gasteiger partial charge in [0, 0.05) is 39.1 Å². The molecule has 21 heavy (non-hydrogen) atoms. The van der Waals surface area contributed by atoms with Crippen LogP contribution in [0.5, 0.6) is 0 Å². The van der Waals surface area contributed by atoms with Crippen LogP contribution in [0.15, 0.2) is 36.4 Å². The average molecular weight is 288 g/mol. The van der Waals surface area contributed by atoms with E-state index in [4.69, 9.17) is 5.11 Å². The maximum Gasteiger partial charge on any atom is 0.222 e. The molecule has 4 heteroatoms. The second-order valence-electron chi connectivity index (χ2n) is 5.30. The minimum Gasteiger partial charge on any atom is -0.395 e. The molecule has 114 valence electrons. The first-order valence-corrected chi connectivity index (χ1v) is 7.62. The Hall–Kier alpha value is -1.65. The second kappa shape index (κ2) is 8.60. The highest BCUT2D eigenvalue weighted by Crippen LogP contribution is 2.07. The van der Waals surface area contributed by atoms with Crippen molar-refractivity contribution in [2.24, 2.45) is 0 Å². The predicted molar refractivity (Wildman–Crippen MR) is 84.8 cm³/mol. The molecule has 1 aromatic rings. The van der Waals surface area contributed by atoms with E-state index in [0.29, 0.717) is 13.0 Å². The van der Waals surface area contributed by atoms with Gasteiger partial charge in [0.25, 0.3) is 0 Å². The number of amides is 1. The van der Waals surface area contributed by atoms with E-state index >= 15 is 0 Å². The van der Waals surface area contributed by atoms with Gasteiger partial charge in [0.1, 0.15) is 0 Å². The summed E-state index contributed by atoms with van der Waals surface area (Å²) in [4.78, 5) is 16.2. The topological polar surface area (TPSA) is 43.8 Å². The second-order valence-corrected chi connectivity index (χ2v) is 5.30. The lowest BCUT2D eigenvalue weighted by molar-refractivity contribution is -0.132. The van der Waals surface area contributed by atoms with Crippen molar-refractivity contribution in [3.05, 3.63) is 42.0 Å². The number of hydrogen-bond acceptors (Lipinski definition) is 3. The number of nitrogens with zero attached hydrogens (tertiary/aromatic N) is 2. The summed E-state index contributed by atoms with van der Waals surface area (Å²) in [6, 6.07) is 10.1. The summed E-state index contributed by atoms with van der Waals surface area (Å²) >= 11 is 0. The fourth-order valence-corrected chi connectivity index (χ4v) is 2.51. The summed E-state index contributed by atoms with van der Waals surface area (Å²) in [5.41, 5.74) is 1.17. The Kier molecular flexibility index (Phi) is 6.44. The van der Waals surface area contributed by atoms with Crippen molar-refractivity contribution < 1.29 is 9.90 Å². The average Bonchev–Trinajstić information content (AvgIpc) is 2.53. The van der Waals surface area contributed by atoms with Crippen molar-refractivity contribution >= 4 is 12.0 Å². The lowest BCUT2D eigenvalue weighted by Crippen LogP contribution is -2.49. The molecule has 0 radical (unpaired) electrons. The van der Waals surface area contributed by atoms with Gasteiger partial charge in [-0.2, -0.15) is 0 Å². The van der Waals surface area contributed by atoms with Gasteiger partial charge in [0.15, 0.2) is 0 Å². The van der Waals surface area contributed by atoms with Crippen LogP contribution in [0.25, 0.3) is 6.08 Å². The molecule has 2 rings (SSSR count). The zero-order valence-electron chi connectivity index (χ0n) is 12.4. The number of allylic oxidation sites excluding steroid dienone is 1. The van der Waals surface area contributed by atoms with Crippen molar-refractivity contribution in [2.45, 2.75) is 12.8 Å². The minimum atomic E-state index is 0.193. The van der Waals surface area contributed by atoms with Gasteiger partial charge in [-0.1, -0.05) is 42.5 Å². The molecule has 0 saturated carbocycles. The predicted octanol–water partition coefficient (Wildman–Crippen LogP) is 1.62. The van der Waals surface area contributed by atoms with E-state index in [0.717, 1.165) is 32.6 Å². The number of β-amino-alcohol motifs (C(OH)–C–C–N with tert-alkyl or cyclic N) is 1. The molecule has 0 aliphatic carbocycles. The summed E-state index contributed by atoms with van der Waals surface area (Å²) in [6.07, 6.45) is 5.48. The lowest BCUT2D eigenvalue weighted by Gasteiger charge is -2.34. The maximum absolute atomic E-state index is 12.1. The highest BCUT2D eigenvalue weighted by Gasteiger charge is 2.19. The number of aliphatic hydroxyl groups excluding tert-OH is 1. The molecule has 1 fully saturated rings. The fourth-order valence-electron chi connectivity index (χ4n) is 2.51. The molecule has 1 aliphatic rings. The number of benzene rings is 1. The Morgan fingerprint density at radius 3 is 2.52 bits per heavy atom. The molecule has 1 saturated heterocycles. The zero-order valence-corrected chi connectivity index (χ0v) is 12.4. The van der Waals surface area contributed by atoms with Gasteiger partial charge < -0.3 is 10.0 Å². The van der Waals surface area contributed by atoms with Crippen molar-refractivity contribution in [3.63, 3.8) is 0 Å². The Bertz CT molecular complexity index is 451. The van der Waals surface area contributed by atoms with Crippen LogP contribution in [0.4, 0.5) is 0 Å². The van der Waals surface area contributed by atoms with Gasteiger partial charge in [-0.05, 0) is 12.0 Å².